The fraction of sp³-hybridized carbons (Fsp3) is 0.188. The van der Waals surface area contributed by atoms with Crippen LogP contribution in [-0.4, -0.2) is 39.8 Å². The molecule has 0 bridgehead atoms. The summed E-state index contributed by atoms with van der Waals surface area (Å²) in [4.78, 5) is 12.4. The van der Waals surface area contributed by atoms with Gasteiger partial charge in [-0.3, -0.25) is 4.79 Å². The molecule has 0 spiro atoms. The number of nitrogens with zero attached hydrogens (tertiary/aromatic N) is 1. The number of hydrogen-bond acceptors (Lipinski definition) is 4. The SMILES string of the molecule is COc1ccccc1C(=O)Nc1ccc(S(=O)(=O)N(C)C)cc1. The van der Waals surface area contributed by atoms with Crippen LogP contribution in [0.5, 0.6) is 5.75 Å². The van der Waals surface area contributed by atoms with E-state index >= 15 is 0 Å². The van der Waals surface area contributed by atoms with Crippen molar-refractivity contribution in [2.24, 2.45) is 0 Å². The summed E-state index contributed by atoms with van der Waals surface area (Å²) in [6.45, 7) is 0. The maximum Gasteiger partial charge on any atom is 0.259 e. The van der Waals surface area contributed by atoms with E-state index in [1.54, 1.807) is 36.4 Å². The van der Waals surface area contributed by atoms with E-state index in [-0.39, 0.29) is 10.8 Å². The molecule has 0 atom stereocenters. The topological polar surface area (TPSA) is 75.7 Å². The van der Waals surface area contributed by atoms with E-state index in [0.29, 0.717) is 17.0 Å². The van der Waals surface area contributed by atoms with Gasteiger partial charge in [-0.2, -0.15) is 0 Å². The summed E-state index contributed by atoms with van der Waals surface area (Å²) >= 11 is 0. The lowest BCUT2D eigenvalue weighted by molar-refractivity contribution is 0.102. The number of benzene rings is 2. The van der Waals surface area contributed by atoms with Crippen molar-refractivity contribution in [3.8, 4) is 5.75 Å². The van der Waals surface area contributed by atoms with Crippen LogP contribution in [0.15, 0.2) is 53.4 Å². The molecule has 0 aliphatic rings. The van der Waals surface area contributed by atoms with Crippen LogP contribution in [0.1, 0.15) is 10.4 Å². The second-order valence-corrected chi connectivity index (χ2v) is 7.12. The number of sulfonamides is 1. The van der Waals surface area contributed by atoms with Crippen LogP contribution in [0.2, 0.25) is 0 Å². The van der Waals surface area contributed by atoms with Crippen molar-refractivity contribution in [3.05, 3.63) is 54.1 Å². The minimum absolute atomic E-state index is 0.165. The lowest BCUT2D eigenvalue weighted by Crippen LogP contribution is -2.22. The summed E-state index contributed by atoms with van der Waals surface area (Å²) in [5, 5.41) is 2.71. The van der Waals surface area contributed by atoms with E-state index in [1.165, 1.54) is 33.3 Å². The lowest BCUT2D eigenvalue weighted by Gasteiger charge is -2.12. The van der Waals surface area contributed by atoms with Crippen LogP contribution in [0.4, 0.5) is 5.69 Å². The van der Waals surface area contributed by atoms with Crippen molar-refractivity contribution in [2.75, 3.05) is 26.5 Å². The van der Waals surface area contributed by atoms with E-state index in [1.807, 2.05) is 0 Å². The zero-order valence-corrected chi connectivity index (χ0v) is 13.9. The first kappa shape index (κ1) is 17.0. The Bertz CT molecular complexity index is 799. The van der Waals surface area contributed by atoms with Crippen molar-refractivity contribution in [3.63, 3.8) is 0 Å². The second kappa shape index (κ2) is 6.80. The molecule has 1 N–H and O–H groups in total. The maximum atomic E-state index is 12.3. The van der Waals surface area contributed by atoms with E-state index in [2.05, 4.69) is 5.32 Å². The van der Waals surface area contributed by atoms with Crippen LogP contribution in [0.3, 0.4) is 0 Å². The number of rotatable bonds is 5. The first-order chi connectivity index (χ1) is 10.9. The summed E-state index contributed by atoms with van der Waals surface area (Å²) < 4.78 is 30.3. The molecule has 0 aliphatic heterocycles. The van der Waals surface area contributed by atoms with Gasteiger partial charge in [-0.1, -0.05) is 12.1 Å². The highest BCUT2D eigenvalue weighted by Crippen LogP contribution is 2.20. The molecule has 2 aromatic rings. The lowest BCUT2D eigenvalue weighted by atomic mass is 10.2. The summed E-state index contributed by atoms with van der Waals surface area (Å²) in [5.74, 6) is 0.141. The summed E-state index contributed by atoms with van der Waals surface area (Å²) in [6, 6.07) is 12.9. The van der Waals surface area contributed by atoms with Gasteiger partial charge in [0.15, 0.2) is 0 Å². The molecular formula is C16H18N2O4S. The Morgan fingerprint density at radius 3 is 2.22 bits per heavy atom. The zero-order chi connectivity index (χ0) is 17.0. The number of carbonyl (C=O) groups is 1. The number of nitrogens with one attached hydrogen (secondary N) is 1. The molecule has 0 unspecified atom stereocenters. The Kier molecular flexibility index (Phi) is 5.02. The van der Waals surface area contributed by atoms with E-state index in [0.717, 1.165) is 4.31 Å². The molecule has 0 fully saturated rings. The zero-order valence-electron chi connectivity index (χ0n) is 13.1. The first-order valence-corrected chi connectivity index (χ1v) is 8.27. The average Bonchev–Trinajstić information content (AvgIpc) is 2.55. The van der Waals surface area contributed by atoms with Gasteiger partial charge >= 0.3 is 0 Å². The molecule has 0 radical (unpaired) electrons. The summed E-state index contributed by atoms with van der Waals surface area (Å²) in [6.07, 6.45) is 0. The van der Waals surface area contributed by atoms with Gasteiger partial charge in [0.2, 0.25) is 10.0 Å². The van der Waals surface area contributed by atoms with Crippen molar-refractivity contribution in [1.82, 2.24) is 4.31 Å². The van der Waals surface area contributed by atoms with Crippen LogP contribution in [0, 0.1) is 0 Å². The second-order valence-electron chi connectivity index (χ2n) is 4.97. The quantitative estimate of drug-likeness (QED) is 0.909. The number of amides is 1. The minimum atomic E-state index is -3.48. The van der Waals surface area contributed by atoms with Crippen molar-refractivity contribution in [1.29, 1.82) is 0 Å². The highest BCUT2D eigenvalue weighted by atomic mass is 32.2. The van der Waals surface area contributed by atoms with Gasteiger partial charge in [-0.15, -0.1) is 0 Å². The Morgan fingerprint density at radius 2 is 1.65 bits per heavy atom. The average molecular weight is 334 g/mol. The van der Waals surface area contributed by atoms with E-state index < -0.39 is 10.0 Å². The number of hydrogen-bond donors (Lipinski definition) is 1. The normalized spacial score (nSPS) is 11.3. The smallest absolute Gasteiger partial charge is 0.259 e. The minimum Gasteiger partial charge on any atom is -0.496 e. The molecule has 6 nitrogen and oxygen atoms in total. The third kappa shape index (κ3) is 3.69. The largest absolute Gasteiger partial charge is 0.496 e. The Morgan fingerprint density at radius 1 is 1.04 bits per heavy atom. The van der Waals surface area contributed by atoms with Gasteiger partial charge < -0.3 is 10.1 Å². The van der Waals surface area contributed by atoms with Gasteiger partial charge in [-0.25, -0.2) is 12.7 Å². The van der Waals surface area contributed by atoms with Gasteiger partial charge in [0, 0.05) is 19.8 Å². The molecule has 0 saturated heterocycles. The molecular weight excluding hydrogens is 316 g/mol. The number of anilines is 1. The third-order valence-corrected chi connectivity index (χ3v) is 5.07. The summed E-state index contributed by atoms with van der Waals surface area (Å²) in [7, 11) is 0.939. The molecule has 2 aromatic carbocycles. The molecule has 7 heteroatoms. The fourth-order valence-corrected chi connectivity index (χ4v) is 2.85. The number of carbonyl (C=O) groups excluding carboxylic acids is 1. The highest BCUT2D eigenvalue weighted by Gasteiger charge is 2.17. The predicted octanol–water partition coefficient (Wildman–Crippen LogP) is 2.20. The highest BCUT2D eigenvalue weighted by molar-refractivity contribution is 7.89. The molecule has 0 aromatic heterocycles. The number of ether oxygens (including phenoxy) is 1. The molecule has 1 amide bonds. The van der Waals surface area contributed by atoms with Crippen molar-refractivity contribution in [2.45, 2.75) is 4.90 Å². The molecule has 0 heterocycles. The Balaban J connectivity index is 2.20. The van der Waals surface area contributed by atoms with E-state index in [4.69, 9.17) is 4.74 Å². The van der Waals surface area contributed by atoms with Crippen LogP contribution in [0.25, 0.3) is 0 Å². The number of methoxy groups -OCH3 is 1. The summed E-state index contributed by atoms with van der Waals surface area (Å²) in [5.41, 5.74) is 0.901. The van der Waals surface area contributed by atoms with Crippen LogP contribution in [-0.2, 0) is 10.0 Å². The van der Waals surface area contributed by atoms with Crippen molar-refractivity contribution < 1.29 is 17.9 Å². The van der Waals surface area contributed by atoms with Gasteiger partial charge in [0.1, 0.15) is 5.75 Å². The van der Waals surface area contributed by atoms with Crippen LogP contribution < -0.4 is 10.1 Å². The Labute approximate surface area is 135 Å². The molecule has 122 valence electrons. The van der Waals surface area contributed by atoms with Gasteiger partial charge in [0.05, 0.1) is 17.6 Å². The van der Waals surface area contributed by atoms with Crippen LogP contribution >= 0.6 is 0 Å². The predicted molar refractivity (Wildman–Crippen MR) is 88.3 cm³/mol. The number of para-hydroxylation sites is 1. The molecule has 2 rings (SSSR count). The Hall–Kier alpha value is -2.38. The third-order valence-electron chi connectivity index (χ3n) is 3.24. The van der Waals surface area contributed by atoms with Gasteiger partial charge in [0.25, 0.3) is 5.91 Å². The molecule has 0 aliphatic carbocycles. The van der Waals surface area contributed by atoms with E-state index in [9.17, 15) is 13.2 Å². The van der Waals surface area contributed by atoms with Crippen molar-refractivity contribution >= 4 is 21.6 Å². The standard InChI is InChI=1S/C16H18N2O4S/c1-18(2)23(20,21)13-10-8-12(9-11-13)17-16(19)14-6-4-5-7-15(14)22-3/h4-11H,1-3H3,(H,17,19). The fourth-order valence-electron chi connectivity index (χ4n) is 1.95. The molecule has 0 saturated carbocycles. The maximum absolute atomic E-state index is 12.3. The first-order valence-electron chi connectivity index (χ1n) is 6.83. The molecule has 23 heavy (non-hydrogen) atoms. The monoisotopic (exact) mass is 334 g/mol. The van der Waals surface area contributed by atoms with Gasteiger partial charge in [-0.05, 0) is 36.4 Å².